The number of carbonyl (C=O) groups is 1. The molecule has 152 valence electrons. The van der Waals surface area contributed by atoms with Gasteiger partial charge in [0, 0.05) is 18.3 Å². The van der Waals surface area contributed by atoms with E-state index in [1.165, 1.54) is 0 Å². The van der Waals surface area contributed by atoms with Crippen LogP contribution in [0.3, 0.4) is 0 Å². The number of benzene rings is 1. The van der Waals surface area contributed by atoms with E-state index in [2.05, 4.69) is 25.7 Å². The van der Waals surface area contributed by atoms with E-state index in [0.717, 1.165) is 30.6 Å². The molecule has 0 spiro atoms. The Hall–Kier alpha value is -3.75. The number of pyridine rings is 1. The van der Waals surface area contributed by atoms with Crippen LogP contribution in [0, 0.1) is 0 Å². The zero-order valence-corrected chi connectivity index (χ0v) is 16.5. The lowest BCUT2D eigenvalue weighted by atomic mass is 10.1. The van der Waals surface area contributed by atoms with E-state index in [4.69, 9.17) is 9.72 Å². The predicted octanol–water partition coefficient (Wildman–Crippen LogP) is 2.43. The molecule has 3 aromatic heterocycles. The molecule has 4 aromatic rings. The maximum absolute atomic E-state index is 12.4. The highest BCUT2D eigenvalue weighted by atomic mass is 16.5. The number of hydrogen-bond donors (Lipinski definition) is 2. The standard InChI is InChI=1S/C21H21N7O2/c1-30-14-9-7-13(8-10-14)18-26-19-17-15(6-4-12-22-17)24-21(28(19)27-18)25-16-5-2-3-11-23-20(16)29/h4,6-10,12,16H,2-3,5,11H2,1H3,(H,23,29)(H,24,25)/t16-/m0/s1. The lowest BCUT2D eigenvalue weighted by Gasteiger charge is -2.16. The Kier molecular flexibility index (Phi) is 4.62. The molecule has 30 heavy (non-hydrogen) atoms. The fourth-order valence-electron chi connectivity index (χ4n) is 3.62. The summed E-state index contributed by atoms with van der Waals surface area (Å²) in [6, 6.07) is 10.9. The number of methoxy groups -OCH3 is 1. The summed E-state index contributed by atoms with van der Waals surface area (Å²) in [6.07, 6.45) is 4.38. The Balaban J connectivity index is 1.63. The zero-order chi connectivity index (χ0) is 20.5. The van der Waals surface area contributed by atoms with E-state index in [-0.39, 0.29) is 11.9 Å². The van der Waals surface area contributed by atoms with Crippen LogP contribution < -0.4 is 15.4 Å². The molecule has 1 saturated heterocycles. The van der Waals surface area contributed by atoms with Gasteiger partial charge in [0.15, 0.2) is 11.5 Å². The summed E-state index contributed by atoms with van der Waals surface area (Å²) in [5.74, 6) is 1.76. The van der Waals surface area contributed by atoms with Crippen LogP contribution in [0.1, 0.15) is 19.3 Å². The maximum Gasteiger partial charge on any atom is 0.242 e. The third kappa shape index (κ3) is 3.28. The summed E-state index contributed by atoms with van der Waals surface area (Å²) in [6.45, 7) is 0.701. The molecule has 0 unspecified atom stereocenters. The number of fused-ring (bicyclic) bond motifs is 3. The monoisotopic (exact) mass is 403 g/mol. The molecule has 2 N–H and O–H groups in total. The molecule has 0 bridgehead atoms. The van der Waals surface area contributed by atoms with Crippen molar-refractivity contribution in [2.24, 2.45) is 0 Å². The van der Waals surface area contributed by atoms with Gasteiger partial charge in [-0.25, -0.2) is 9.97 Å². The molecule has 1 aliphatic heterocycles. The maximum atomic E-state index is 12.4. The molecule has 1 fully saturated rings. The number of ether oxygens (including phenoxy) is 1. The Morgan fingerprint density at radius 3 is 2.87 bits per heavy atom. The second-order valence-corrected chi connectivity index (χ2v) is 7.19. The Bertz CT molecular complexity index is 1220. The smallest absolute Gasteiger partial charge is 0.242 e. The van der Waals surface area contributed by atoms with Gasteiger partial charge in [0.05, 0.1) is 12.6 Å². The van der Waals surface area contributed by atoms with Crippen molar-refractivity contribution >= 4 is 28.5 Å². The molecule has 1 atom stereocenters. The number of nitrogens with zero attached hydrogens (tertiary/aromatic N) is 5. The van der Waals surface area contributed by atoms with Crippen LogP contribution in [0.4, 0.5) is 5.95 Å². The highest BCUT2D eigenvalue weighted by Gasteiger charge is 2.23. The van der Waals surface area contributed by atoms with Crippen LogP contribution >= 0.6 is 0 Å². The van der Waals surface area contributed by atoms with Crippen LogP contribution in [0.15, 0.2) is 42.6 Å². The fraction of sp³-hybridized carbons (Fsp3) is 0.286. The van der Waals surface area contributed by atoms with Crippen molar-refractivity contribution in [1.29, 1.82) is 0 Å². The van der Waals surface area contributed by atoms with E-state index in [0.29, 0.717) is 35.0 Å². The molecule has 9 nitrogen and oxygen atoms in total. The van der Waals surface area contributed by atoms with Gasteiger partial charge in [-0.3, -0.25) is 9.78 Å². The first-order chi connectivity index (χ1) is 14.7. The minimum atomic E-state index is -0.369. The van der Waals surface area contributed by atoms with Crippen LogP contribution in [0.25, 0.3) is 28.1 Å². The van der Waals surface area contributed by atoms with Crippen LogP contribution in [-0.2, 0) is 4.79 Å². The molecule has 1 amide bonds. The third-order valence-corrected chi connectivity index (χ3v) is 5.22. The van der Waals surface area contributed by atoms with Crippen molar-refractivity contribution in [3.63, 3.8) is 0 Å². The first kappa shape index (κ1) is 18.3. The van der Waals surface area contributed by atoms with E-state index < -0.39 is 0 Å². The van der Waals surface area contributed by atoms with Gasteiger partial charge < -0.3 is 15.4 Å². The Labute approximate surface area is 172 Å². The summed E-state index contributed by atoms with van der Waals surface area (Å²) in [5, 5.41) is 10.9. The topological polar surface area (TPSA) is 106 Å². The van der Waals surface area contributed by atoms with Crippen molar-refractivity contribution in [2.75, 3.05) is 19.0 Å². The highest BCUT2D eigenvalue weighted by molar-refractivity contribution is 5.90. The second kappa shape index (κ2) is 7.58. The molecule has 1 aliphatic rings. The van der Waals surface area contributed by atoms with Gasteiger partial charge in [0.25, 0.3) is 0 Å². The molecule has 4 heterocycles. The average Bonchev–Trinajstić information content (AvgIpc) is 3.14. The van der Waals surface area contributed by atoms with Gasteiger partial charge in [-0.2, -0.15) is 4.52 Å². The molecule has 0 aliphatic carbocycles. The predicted molar refractivity (Wildman–Crippen MR) is 112 cm³/mol. The van der Waals surface area contributed by atoms with Gasteiger partial charge in [-0.05, 0) is 55.7 Å². The highest BCUT2D eigenvalue weighted by Crippen LogP contribution is 2.25. The van der Waals surface area contributed by atoms with Gasteiger partial charge in [-0.15, -0.1) is 5.10 Å². The van der Waals surface area contributed by atoms with E-state index in [9.17, 15) is 4.79 Å². The fourth-order valence-corrected chi connectivity index (χ4v) is 3.62. The van der Waals surface area contributed by atoms with E-state index in [1.54, 1.807) is 17.8 Å². The van der Waals surface area contributed by atoms with Crippen molar-refractivity contribution in [3.8, 4) is 17.1 Å². The number of carbonyl (C=O) groups excluding carboxylic acids is 1. The van der Waals surface area contributed by atoms with Crippen molar-refractivity contribution in [1.82, 2.24) is 29.9 Å². The summed E-state index contributed by atoms with van der Waals surface area (Å²) >= 11 is 0. The van der Waals surface area contributed by atoms with Crippen LogP contribution in [0.2, 0.25) is 0 Å². The summed E-state index contributed by atoms with van der Waals surface area (Å²) in [7, 11) is 1.63. The first-order valence-electron chi connectivity index (χ1n) is 9.93. The SMILES string of the molecule is COc1ccc(-c2nc3c4ncccc4nc(N[C@H]4CCCCNC4=O)n3n2)cc1. The van der Waals surface area contributed by atoms with Gasteiger partial charge in [0.1, 0.15) is 17.3 Å². The quantitative estimate of drug-likeness (QED) is 0.539. The molecule has 1 aromatic carbocycles. The summed E-state index contributed by atoms with van der Waals surface area (Å²) in [5.41, 5.74) is 2.78. The first-order valence-corrected chi connectivity index (χ1v) is 9.93. The normalized spacial score (nSPS) is 17.0. The van der Waals surface area contributed by atoms with Gasteiger partial charge in [0.2, 0.25) is 11.9 Å². The van der Waals surface area contributed by atoms with Gasteiger partial charge in [-0.1, -0.05) is 0 Å². The lowest BCUT2D eigenvalue weighted by molar-refractivity contribution is -0.121. The zero-order valence-electron chi connectivity index (χ0n) is 16.5. The number of rotatable bonds is 4. The van der Waals surface area contributed by atoms with Crippen molar-refractivity contribution < 1.29 is 9.53 Å². The number of amides is 1. The Morgan fingerprint density at radius 2 is 2.03 bits per heavy atom. The minimum absolute atomic E-state index is 0.0239. The number of aromatic nitrogens is 5. The van der Waals surface area contributed by atoms with Crippen molar-refractivity contribution in [3.05, 3.63) is 42.6 Å². The molecular formula is C21H21N7O2. The van der Waals surface area contributed by atoms with Gasteiger partial charge >= 0.3 is 0 Å². The van der Waals surface area contributed by atoms with Crippen LogP contribution in [0.5, 0.6) is 5.75 Å². The Morgan fingerprint density at radius 1 is 1.17 bits per heavy atom. The minimum Gasteiger partial charge on any atom is -0.497 e. The molecule has 0 saturated carbocycles. The third-order valence-electron chi connectivity index (χ3n) is 5.22. The molecule has 5 rings (SSSR count). The number of hydrogen-bond acceptors (Lipinski definition) is 7. The molecular weight excluding hydrogens is 382 g/mol. The number of nitrogens with one attached hydrogen (secondary N) is 2. The molecule has 9 heteroatoms. The summed E-state index contributed by atoms with van der Waals surface area (Å²) in [4.78, 5) is 26.3. The van der Waals surface area contributed by atoms with E-state index in [1.807, 2.05) is 36.4 Å². The van der Waals surface area contributed by atoms with E-state index >= 15 is 0 Å². The molecule has 0 radical (unpaired) electrons. The lowest BCUT2D eigenvalue weighted by Crippen LogP contribution is -2.38. The van der Waals surface area contributed by atoms with Crippen molar-refractivity contribution in [2.45, 2.75) is 25.3 Å². The van der Waals surface area contributed by atoms with Crippen LogP contribution in [-0.4, -0.2) is 50.2 Å². The second-order valence-electron chi connectivity index (χ2n) is 7.19. The average molecular weight is 403 g/mol. The summed E-state index contributed by atoms with van der Waals surface area (Å²) < 4.78 is 6.86. The largest absolute Gasteiger partial charge is 0.497 e. The number of anilines is 1.